The number of aromatic carboxylic acids is 1. The van der Waals surface area contributed by atoms with Crippen molar-refractivity contribution in [3.8, 4) is 0 Å². The van der Waals surface area contributed by atoms with Gasteiger partial charge in [-0.2, -0.15) is 0 Å². The molecule has 2 rings (SSSR count). The van der Waals surface area contributed by atoms with Crippen LogP contribution in [0, 0.1) is 5.82 Å². The molecule has 0 radical (unpaired) electrons. The minimum absolute atomic E-state index is 0.0450. The molecular weight excluding hydrogens is 319 g/mol. The Morgan fingerprint density at radius 3 is 2.62 bits per heavy atom. The molecular formula is C12H9FN2O4S2. The summed E-state index contributed by atoms with van der Waals surface area (Å²) in [6.07, 6.45) is 1.38. The molecule has 0 aliphatic carbocycles. The van der Waals surface area contributed by atoms with Gasteiger partial charge in [0.15, 0.2) is 0 Å². The lowest BCUT2D eigenvalue weighted by Gasteiger charge is -2.06. The molecule has 0 fully saturated rings. The standard InChI is InChI=1S/C12H9FN2O4S2/c13-9-6-7(21(14,18)19)3-4-10(9)20-11-8(12(16)17)2-1-5-15-11/h1-6H,(H,16,17)(H2,14,18,19). The number of sulfonamides is 1. The molecule has 3 N–H and O–H groups in total. The molecule has 0 amide bonds. The minimum atomic E-state index is -4.00. The van der Waals surface area contributed by atoms with E-state index >= 15 is 0 Å². The van der Waals surface area contributed by atoms with Crippen LogP contribution < -0.4 is 5.14 Å². The summed E-state index contributed by atoms with van der Waals surface area (Å²) < 4.78 is 36.1. The number of hydrogen-bond acceptors (Lipinski definition) is 5. The van der Waals surface area contributed by atoms with Gasteiger partial charge in [0.05, 0.1) is 10.5 Å². The van der Waals surface area contributed by atoms with Crippen molar-refractivity contribution < 1.29 is 22.7 Å². The average molecular weight is 328 g/mol. The molecule has 0 spiro atoms. The molecule has 110 valence electrons. The number of primary sulfonamides is 1. The third-order valence-electron chi connectivity index (χ3n) is 2.44. The van der Waals surface area contributed by atoms with E-state index in [0.717, 1.165) is 23.9 Å². The van der Waals surface area contributed by atoms with Crippen molar-refractivity contribution >= 4 is 27.8 Å². The van der Waals surface area contributed by atoms with Crippen LogP contribution >= 0.6 is 11.8 Å². The van der Waals surface area contributed by atoms with Crippen LogP contribution in [0.1, 0.15) is 10.4 Å². The summed E-state index contributed by atoms with van der Waals surface area (Å²) in [5.41, 5.74) is -0.0718. The smallest absolute Gasteiger partial charge is 0.338 e. The summed E-state index contributed by atoms with van der Waals surface area (Å²) in [6.45, 7) is 0. The molecule has 9 heteroatoms. The molecule has 6 nitrogen and oxygen atoms in total. The van der Waals surface area contributed by atoms with E-state index in [4.69, 9.17) is 10.2 Å². The number of aromatic nitrogens is 1. The summed E-state index contributed by atoms with van der Waals surface area (Å²) in [7, 11) is -4.00. The Morgan fingerprint density at radius 1 is 1.33 bits per heavy atom. The van der Waals surface area contributed by atoms with Gasteiger partial charge in [-0.05, 0) is 30.3 Å². The minimum Gasteiger partial charge on any atom is -0.478 e. The first-order valence-electron chi connectivity index (χ1n) is 5.47. The van der Waals surface area contributed by atoms with Crippen LogP contribution in [-0.2, 0) is 10.0 Å². The molecule has 0 aliphatic heterocycles. The van der Waals surface area contributed by atoms with Crippen molar-refractivity contribution in [3.63, 3.8) is 0 Å². The fourth-order valence-corrected chi connectivity index (χ4v) is 2.89. The van der Waals surface area contributed by atoms with E-state index in [1.54, 1.807) is 0 Å². The Labute approximate surface area is 123 Å². The molecule has 0 bridgehead atoms. The largest absolute Gasteiger partial charge is 0.478 e. The molecule has 0 saturated heterocycles. The SMILES string of the molecule is NS(=O)(=O)c1ccc(Sc2ncccc2C(=O)O)c(F)c1. The number of nitrogens with two attached hydrogens (primary N) is 1. The van der Waals surface area contributed by atoms with Gasteiger partial charge in [0, 0.05) is 11.1 Å². The number of pyridine rings is 1. The molecule has 1 heterocycles. The maximum Gasteiger partial charge on any atom is 0.338 e. The van der Waals surface area contributed by atoms with E-state index in [0.29, 0.717) is 0 Å². The number of nitrogens with zero attached hydrogens (tertiary/aromatic N) is 1. The van der Waals surface area contributed by atoms with Crippen molar-refractivity contribution in [2.24, 2.45) is 5.14 Å². The van der Waals surface area contributed by atoms with Crippen LogP contribution in [0.5, 0.6) is 0 Å². The Hall–Kier alpha value is -1.97. The number of hydrogen-bond donors (Lipinski definition) is 2. The van der Waals surface area contributed by atoms with Gasteiger partial charge in [-0.3, -0.25) is 0 Å². The van der Waals surface area contributed by atoms with Gasteiger partial charge >= 0.3 is 5.97 Å². The number of carbonyl (C=O) groups is 1. The van der Waals surface area contributed by atoms with Crippen molar-refractivity contribution in [3.05, 3.63) is 47.9 Å². The highest BCUT2D eigenvalue weighted by atomic mass is 32.2. The normalized spacial score (nSPS) is 11.3. The third kappa shape index (κ3) is 3.57. The highest BCUT2D eigenvalue weighted by Crippen LogP contribution is 2.31. The van der Waals surface area contributed by atoms with Crippen molar-refractivity contribution in [2.75, 3.05) is 0 Å². The predicted molar refractivity (Wildman–Crippen MR) is 73.1 cm³/mol. The van der Waals surface area contributed by atoms with E-state index in [-0.39, 0.29) is 20.4 Å². The Balaban J connectivity index is 2.40. The van der Waals surface area contributed by atoms with Crippen LogP contribution in [-0.4, -0.2) is 24.5 Å². The number of benzene rings is 1. The second-order valence-electron chi connectivity index (χ2n) is 3.90. The number of carboxylic acids is 1. The van der Waals surface area contributed by atoms with Gasteiger partial charge in [-0.15, -0.1) is 0 Å². The fraction of sp³-hybridized carbons (Fsp3) is 0. The first kappa shape index (κ1) is 15.4. The van der Waals surface area contributed by atoms with Gasteiger partial charge in [0.2, 0.25) is 10.0 Å². The predicted octanol–water partition coefficient (Wildman–Crippen LogP) is 1.72. The van der Waals surface area contributed by atoms with Gasteiger partial charge < -0.3 is 5.11 Å². The Bertz CT molecular complexity index is 809. The van der Waals surface area contributed by atoms with E-state index in [9.17, 15) is 17.6 Å². The number of carboxylic acid groups (broad SMARTS) is 1. The maximum absolute atomic E-state index is 13.9. The van der Waals surface area contributed by atoms with E-state index < -0.39 is 21.8 Å². The van der Waals surface area contributed by atoms with Crippen molar-refractivity contribution in [1.82, 2.24) is 4.98 Å². The first-order valence-corrected chi connectivity index (χ1v) is 7.84. The molecule has 0 saturated carbocycles. The number of rotatable bonds is 4. The van der Waals surface area contributed by atoms with Crippen LogP contribution in [0.25, 0.3) is 0 Å². The lowest BCUT2D eigenvalue weighted by molar-refractivity contribution is 0.0692. The van der Waals surface area contributed by atoms with Crippen LogP contribution in [0.2, 0.25) is 0 Å². The Morgan fingerprint density at radius 2 is 2.05 bits per heavy atom. The van der Waals surface area contributed by atoms with E-state index in [1.165, 1.54) is 24.4 Å². The molecule has 0 unspecified atom stereocenters. The van der Waals surface area contributed by atoms with Crippen LogP contribution in [0.4, 0.5) is 4.39 Å². The fourth-order valence-electron chi connectivity index (χ4n) is 1.48. The molecule has 1 aromatic carbocycles. The summed E-state index contributed by atoms with van der Waals surface area (Å²) >= 11 is 0.786. The second kappa shape index (κ2) is 5.80. The highest BCUT2D eigenvalue weighted by Gasteiger charge is 2.16. The molecule has 21 heavy (non-hydrogen) atoms. The lowest BCUT2D eigenvalue weighted by atomic mass is 10.3. The summed E-state index contributed by atoms with van der Waals surface area (Å²) in [5, 5.41) is 14.0. The monoisotopic (exact) mass is 328 g/mol. The number of halogens is 1. The first-order chi connectivity index (χ1) is 9.79. The summed E-state index contributed by atoms with van der Waals surface area (Å²) in [5.74, 6) is -2.01. The van der Waals surface area contributed by atoms with E-state index in [1.807, 2.05) is 0 Å². The topological polar surface area (TPSA) is 110 Å². The quantitative estimate of drug-likeness (QED) is 0.884. The lowest BCUT2D eigenvalue weighted by Crippen LogP contribution is -2.12. The summed E-state index contributed by atoms with van der Waals surface area (Å²) in [6, 6.07) is 5.92. The van der Waals surface area contributed by atoms with Gasteiger partial charge in [0.1, 0.15) is 10.8 Å². The second-order valence-corrected chi connectivity index (χ2v) is 6.49. The van der Waals surface area contributed by atoms with Gasteiger partial charge in [-0.1, -0.05) is 11.8 Å². The van der Waals surface area contributed by atoms with Gasteiger partial charge in [0.25, 0.3) is 0 Å². The zero-order chi connectivity index (χ0) is 15.6. The maximum atomic E-state index is 13.9. The third-order valence-corrected chi connectivity index (χ3v) is 4.42. The van der Waals surface area contributed by atoms with Crippen molar-refractivity contribution in [2.45, 2.75) is 14.8 Å². The molecule has 1 aromatic heterocycles. The molecule has 2 aromatic rings. The summed E-state index contributed by atoms with van der Waals surface area (Å²) in [4.78, 5) is 14.6. The van der Waals surface area contributed by atoms with Crippen molar-refractivity contribution in [1.29, 1.82) is 0 Å². The highest BCUT2D eigenvalue weighted by molar-refractivity contribution is 7.99. The zero-order valence-electron chi connectivity index (χ0n) is 10.4. The van der Waals surface area contributed by atoms with Crippen LogP contribution in [0.15, 0.2) is 51.3 Å². The van der Waals surface area contributed by atoms with E-state index in [2.05, 4.69) is 4.98 Å². The molecule has 0 aliphatic rings. The Kier molecular flexibility index (Phi) is 4.26. The van der Waals surface area contributed by atoms with Gasteiger partial charge in [-0.25, -0.2) is 27.7 Å². The van der Waals surface area contributed by atoms with Crippen LogP contribution in [0.3, 0.4) is 0 Å². The average Bonchev–Trinajstić information content (AvgIpc) is 2.40. The molecule has 0 atom stereocenters. The zero-order valence-corrected chi connectivity index (χ0v) is 12.0.